The molecule has 120 valence electrons. The molecular weight excluding hydrogens is 278 g/mol. The summed E-state index contributed by atoms with van der Waals surface area (Å²) in [7, 11) is 0. The lowest BCUT2D eigenvalue weighted by molar-refractivity contribution is -0.117. The summed E-state index contributed by atoms with van der Waals surface area (Å²) >= 11 is 0. The molecule has 22 heavy (non-hydrogen) atoms. The van der Waals surface area contributed by atoms with E-state index < -0.39 is 0 Å². The fourth-order valence-electron chi connectivity index (χ4n) is 2.68. The number of carbonyl (C=O) groups excluding carboxylic acids is 2. The van der Waals surface area contributed by atoms with Crippen molar-refractivity contribution in [1.82, 2.24) is 0 Å². The number of hydrogen-bond donors (Lipinski definition) is 2. The predicted molar refractivity (Wildman–Crippen MR) is 88.8 cm³/mol. The molecule has 0 radical (unpaired) electrons. The molecule has 0 bridgehead atoms. The number of unbranched alkanes of at least 4 members (excludes halogenated alkanes) is 3. The third-order valence-corrected chi connectivity index (χ3v) is 3.87. The van der Waals surface area contributed by atoms with E-state index in [9.17, 15) is 9.59 Å². The van der Waals surface area contributed by atoms with Crippen molar-refractivity contribution in [1.29, 1.82) is 0 Å². The van der Waals surface area contributed by atoms with Gasteiger partial charge in [-0.15, -0.1) is 0 Å². The maximum atomic E-state index is 11.9. The molecule has 0 aromatic heterocycles. The number of amides is 2. The van der Waals surface area contributed by atoms with Crippen LogP contribution in [0.3, 0.4) is 0 Å². The van der Waals surface area contributed by atoms with Gasteiger partial charge in [-0.3, -0.25) is 9.59 Å². The zero-order valence-corrected chi connectivity index (χ0v) is 13.0. The number of benzene rings is 1. The zero-order valence-electron chi connectivity index (χ0n) is 13.0. The van der Waals surface area contributed by atoms with Gasteiger partial charge in [0, 0.05) is 30.8 Å². The smallest absolute Gasteiger partial charge is 0.227 e. The molecule has 2 amide bonds. The van der Waals surface area contributed by atoms with Crippen LogP contribution in [0.5, 0.6) is 0 Å². The first kappa shape index (κ1) is 16.5. The highest BCUT2D eigenvalue weighted by molar-refractivity contribution is 5.97. The maximum Gasteiger partial charge on any atom is 0.227 e. The number of rotatable bonds is 8. The Labute approximate surface area is 131 Å². The molecule has 0 atom stereocenters. The van der Waals surface area contributed by atoms with E-state index in [1.165, 1.54) is 0 Å². The lowest BCUT2D eigenvalue weighted by atomic mass is 10.1. The van der Waals surface area contributed by atoms with Crippen LogP contribution < -0.4 is 16.0 Å². The van der Waals surface area contributed by atoms with E-state index >= 15 is 0 Å². The number of nitrogens with two attached hydrogens (primary N) is 1. The lowest BCUT2D eigenvalue weighted by Gasteiger charge is -2.16. The molecule has 0 spiro atoms. The largest absolute Gasteiger partial charge is 0.330 e. The van der Waals surface area contributed by atoms with Gasteiger partial charge in [0.1, 0.15) is 0 Å². The van der Waals surface area contributed by atoms with Gasteiger partial charge < -0.3 is 16.0 Å². The highest BCUT2D eigenvalue weighted by Gasteiger charge is 2.21. The average molecular weight is 303 g/mol. The summed E-state index contributed by atoms with van der Waals surface area (Å²) in [6, 6.07) is 7.51. The van der Waals surface area contributed by atoms with Gasteiger partial charge in [0.15, 0.2) is 0 Å². The van der Waals surface area contributed by atoms with Gasteiger partial charge in [-0.05, 0) is 44.0 Å². The first-order valence-electron chi connectivity index (χ1n) is 8.11. The summed E-state index contributed by atoms with van der Waals surface area (Å²) < 4.78 is 0. The standard InChI is InChI=1S/C17H25N3O2/c18-11-4-2-1-3-9-16(21)19-14-7-5-8-15(13-14)20-12-6-10-17(20)22/h5,7-8,13H,1-4,6,9-12,18H2,(H,19,21). The molecule has 0 saturated carbocycles. The Bertz CT molecular complexity index is 516. The van der Waals surface area contributed by atoms with Crippen molar-refractivity contribution < 1.29 is 9.59 Å². The Morgan fingerprint density at radius 3 is 2.77 bits per heavy atom. The van der Waals surface area contributed by atoms with Crippen LogP contribution in [0.2, 0.25) is 0 Å². The van der Waals surface area contributed by atoms with Crippen LogP contribution in [-0.4, -0.2) is 24.9 Å². The summed E-state index contributed by atoms with van der Waals surface area (Å²) in [6.45, 7) is 1.48. The predicted octanol–water partition coefficient (Wildman–Crippen LogP) is 2.66. The molecule has 3 N–H and O–H groups in total. The second-order valence-corrected chi connectivity index (χ2v) is 5.70. The van der Waals surface area contributed by atoms with Crippen LogP contribution in [0.15, 0.2) is 24.3 Å². The molecule has 1 aromatic rings. The van der Waals surface area contributed by atoms with Crippen molar-refractivity contribution in [3.63, 3.8) is 0 Å². The normalized spacial score (nSPS) is 14.4. The van der Waals surface area contributed by atoms with Gasteiger partial charge in [0.05, 0.1) is 0 Å². The number of nitrogens with one attached hydrogen (secondary N) is 1. The van der Waals surface area contributed by atoms with Crippen LogP contribution in [0, 0.1) is 0 Å². The van der Waals surface area contributed by atoms with Crippen molar-refractivity contribution in [2.24, 2.45) is 5.73 Å². The summed E-state index contributed by atoms with van der Waals surface area (Å²) in [5.41, 5.74) is 7.06. The van der Waals surface area contributed by atoms with Crippen molar-refractivity contribution in [2.75, 3.05) is 23.3 Å². The van der Waals surface area contributed by atoms with Crippen molar-refractivity contribution in [3.05, 3.63) is 24.3 Å². The molecule has 1 saturated heterocycles. The molecule has 0 unspecified atom stereocenters. The quantitative estimate of drug-likeness (QED) is 0.725. The van der Waals surface area contributed by atoms with Crippen LogP contribution in [-0.2, 0) is 9.59 Å². The van der Waals surface area contributed by atoms with Crippen molar-refractivity contribution in [2.45, 2.75) is 44.9 Å². The lowest BCUT2D eigenvalue weighted by Crippen LogP contribution is -2.23. The number of anilines is 2. The third-order valence-electron chi connectivity index (χ3n) is 3.87. The highest BCUT2D eigenvalue weighted by Crippen LogP contribution is 2.24. The van der Waals surface area contributed by atoms with E-state index in [2.05, 4.69) is 5.32 Å². The third kappa shape index (κ3) is 4.84. The van der Waals surface area contributed by atoms with Gasteiger partial charge in [0.25, 0.3) is 0 Å². The molecule has 0 aliphatic carbocycles. The monoisotopic (exact) mass is 303 g/mol. The van der Waals surface area contributed by atoms with Crippen LogP contribution in [0.1, 0.15) is 44.9 Å². The van der Waals surface area contributed by atoms with Gasteiger partial charge in [-0.1, -0.05) is 18.9 Å². The summed E-state index contributed by atoms with van der Waals surface area (Å²) in [5, 5.41) is 2.91. The van der Waals surface area contributed by atoms with E-state index in [0.29, 0.717) is 19.4 Å². The van der Waals surface area contributed by atoms with E-state index in [4.69, 9.17) is 5.73 Å². The number of hydrogen-bond acceptors (Lipinski definition) is 3. The number of nitrogens with zero attached hydrogens (tertiary/aromatic N) is 1. The zero-order chi connectivity index (χ0) is 15.8. The topological polar surface area (TPSA) is 75.4 Å². The summed E-state index contributed by atoms with van der Waals surface area (Å²) in [6.07, 6.45) is 6.06. The Morgan fingerprint density at radius 1 is 1.23 bits per heavy atom. The number of carbonyl (C=O) groups is 2. The Hall–Kier alpha value is -1.88. The first-order chi connectivity index (χ1) is 10.7. The fourth-order valence-corrected chi connectivity index (χ4v) is 2.68. The van der Waals surface area contributed by atoms with E-state index in [1.807, 2.05) is 24.3 Å². The summed E-state index contributed by atoms with van der Waals surface area (Å²) in [4.78, 5) is 25.5. The van der Waals surface area contributed by atoms with Gasteiger partial charge in [-0.2, -0.15) is 0 Å². The van der Waals surface area contributed by atoms with Gasteiger partial charge >= 0.3 is 0 Å². The summed E-state index contributed by atoms with van der Waals surface area (Å²) in [5.74, 6) is 0.182. The minimum atomic E-state index is 0.0256. The molecule has 1 aliphatic rings. The molecule has 1 aliphatic heterocycles. The molecule has 5 nitrogen and oxygen atoms in total. The maximum absolute atomic E-state index is 11.9. The Balaban J connectivity index is 1.82. The van der Waals surface area contributed by atoms with Crippen LogP contribution >= 0.6 is 0 Å². The first-order valence-corrected chi connectivity index (χ1v) is 8.11. The molecule has 2 rings (SSSR count). The second-order valence-electron chi connectivity index (χ2n) is 5.70. The molecule has 1 aromatic carbocycles. The Morgan fingerprint density at radius 2 is 2.05 bits per heavy atom. The van der Waals surface area contributed by atoms with Crippen LogP contribution in [0.4, 0.5) is 11.4 Å². The van der Waals surface area contributed by atoms with Crippen molar-refractivity contribution >= 4 is 23.2 Å². The van der Waals surface area contributed by atoms with E-state index in [-0.39, 0.29) is 11.8 Å². The molecular formula is C17H25N3O2. The van der Waals surface area contributed by atoms with Crippen LogP contribution in [0.25, 0.3) is 0 Å². The fraction of sp³-hybridized carbons (Fsp3) is 0.529. The minimum absolute atomic E-state index is 0.0256. The van der Waals surface area contributed by atoms with Gasteiger partial charge in [0.2, 0.25) is 11.8 Å². The van der Waals surface area contributed by atoms with Crippen molar-refractivity contribution in [3.8, 4) is 0 Å². The minimum Gasteiger partial charge on any atom is -0.330 e. The van der Waals surface area contributed by atoms with E-state index in [0.717, 1.165) is 50.0 Å². The molecule has 1 fully saturated rings. The average Bonchev–Trinajstić information content (AvgIpc) is 2.93. The SMILES string of the molecule is NCCCCCCC(=O)Nc1cccc(N2CCCC2=O)c1. The highest BCUT2D eigenvalue weighted by atomic mass is 16.2. The molecule has 1 heterocycles. The molecule has 5 heteroatoms. The van der Waals surface area contributed by atoms with Gasteiger partial charge in [-0.25, -0.2) is 0 Å². The van der Waals surface area contributed by atoms with E-state index in [1.54, 1.807) is 4.90 Å². The Kier molecular flexibility index (Phi) is 6.40. The second kappa shape index (κ2) is 8.54.